The Morgan fingerprint density at radius 1 is 1.08 bits per heavy atom. The number of hydrogen-bond acceptors (Lipinski definition) is 2. The molecule has 0 spiro atoms. The largest absolute Gasteiger partial charge is 0.445 e. The standard InChI is InChI=1S/C22H23NO2/c1-16-7-9-18(10-8-16)19-13-20-11-12-21(14-19)23(20)22(24)25-15-17-5-3-2-4-6-17/h2-10,13,20-21H,11-12,14-15H2,1H3. The van der Waals surface area contributed by atoms with Gasteiger partial charge in [0.1, 0.15) is 6.61 Å². The molecular formula is C22H23NO2. The van der Waals surface area contributed by atoms with Crippen LogP contribution in [0.5, 0.6) is 0 Å². The second kappa shape index (κ2) is 6.75. The van der Waals surface area contributed by atoms with Crippen LogP contribution in [0.3, 0.4) is 0 Å². The average molecular weight is 333 g/mol. The molecule has 1 fully saturated rings. The summed E-state index contributed by atoms with van der Waals surface area (Å²) in [4.78, 5) is 14.5. The van der Waals surface area contributed by atoms with Gasteiger partial charge in [-0.3, -0.25) is 4.90 Å². The molecule has 0 saturated carbocycles. The maximum Gasteiger partial charge on any atom is 0.410 e. The Morgan fingerprint density at radius 3 is 2.56 bits per heavy atom. The van der Waals surface area contributed by atoms with Gasteiger partial charge in [-0.25, -0.2) is 4.79 Å². The Hall–Kier alpha value is -2.55. The molecule has 0 N–H and O–H groups in total. The third kappa shape index (κ3) is 3.32. The molecule has 0 radical (unpaired) electrons. The summed E-state index contributed by atoms with van der Waals surface area (Å²) in [6.45, 7) is 2.44. The summed E-state index contributed by atoms with van der Waals surface area (Å²) in [6.07, 6.45) is 5.07. The summed E-state index contributed by atoms with van der Waals surface area (Å²) in [7, 11) is 0. The quantitative estimate of drug-likeness (QED) is 0.795. The van der Waals surface area contributed by atoms with Gasteiger partial charge in [-0.2, -0.15) is 0 Å². The van der Waals surface area contributed by atoms with Gasteiger partial charge in [0.25, 0.3) is 0 Å². The van der Waals surface area contributed by atoms with Gasteiger partial charge >= 0.3 is 6.09 Å². The zero-order valence-corrected chi connectivity index (χ0v) is 14.5. The van der Waals surface area contributed by atoms with Crippen LogP contribution in [0.15, 0.2) is 60.7 Å². The summed E-state index contributed by atoms with van der Waals surface area (Å²) in [6, 6.07) is 18.9. The van der Waals surface area contributed by atoms with E-state index in [0.29, 0.717) is 6.61 Å². The molecular weight excluding hydrogens is 310 g/mol. The number of rotatable bonds is 3. The summed E-state index contributed by atoms with van der Waals surface area (Å²) >= 11 is 0. The van der Waals surface area contributed by atoms with E-state index in [-0.39, 0.29) is 18.2 Å². The highest BCUT2D eigenvalue weighted by Crippen LogP contribution is 2.39. The molecule has 2 aliphatic heterocycles. The van der Waals surface area contributed by atoms with E-state index < -0.39 is 0 Å². The lowest BCUT2D eigenvalue weighted by Crippen LogP contribution is -2.43. The first-order valence-electron chi connectivity index (χ1n) is 8.97. The van der Waals surface area contributed by atoms with Gasteiger partial charge in [-0.05, 0) is 42.9 Å². The molecule has 2 atom stereocenters. The highest BCUT2D eigenvalue weighted by atomic mass is 16.6. The van der Waals surface area contributed by atoms with Gasteiger partial charge in [0.05, 0.1) is 6.04 Å². The van der Waals surface area contributed by atoms with E-state index in [1.165, 1.54) is 16.7 Å². The normalized spacial score (nSPS) is 21.8. The molecule has 2 aromatic rings. The molecule has 0 aliphatic carbocycles. The zero-order valence-electron chi connectivity index (χ0n) is 14.5. The maximum atomic E-state index is 12.6. The van der Waals surface area contributed by atoms with Crippen molar-refractivity contribution in [3.63, 3.8) is 0 Å². The lowest BCUT2D eigenvalue weighted by molar-refractivity contribution is 0.0832. The SMILES string of the molecule is Cc1ccc(C2=CC3CCC(C2)N3C(=O)OCc2ccccc2)cc1. The van der Waals surface area contributed by atoms with Crippen LogP contribution >= 0.6 is 0 Å². The van der Waals surface area contributed by atoms with Crippen molar-refractivity contribution in [1.29, 1.82) is 0 Å². The van der Waals surface area contributed by atoms with Crippen molar-refractivity contribution in [3.8, 4) is 0 Å². The first-order chi connectivity index (χ1) is 12.2. The van der Waals surface area contributed by atoms with E-state index in [1.807, 2.05) is 35.2 Å². The third-order valence-electron chi connectivity index (χ3n) is 5.23. The topological polar surface area (TPSA) is 29.5 Å². The number of ether oxygens (including phenoxy) is 1. The molecule has 2 heterocycles. The van der Waals surface area contributed by atoms with Gasteiger partial charge in [0, 0.05) is 6.04 Å². The van der Waals surface area contributed by atoms with Crippen LogP contribution in [0.25, 0.3) is 5.57 Å². The number of fused-ring (bicyclic) bond motifs is 2. The molecule has 2 aliphatic rings. The third-order valence-corrected chi connectivity index (χ3v) is 5.23. The fourth-order valence-electron chi connectivity index (χ4n) is 3.89. The van der Waals surface area contributed by atoms with Gasteiger partial charge in [0.2, 0.25) is 0 Å². The van der Waals surface area contributed by atoms with Crippen LogP contribution in [-0.4, -0.2) is 23.1 Å². The molecule has 2 unspecified atom stereocenters. The number of aryl methyl sites for hydroxylation is 1. The van der Waals surface area contributed by atoms with Crippen molar-refractivity contribution >= 4 is 11.7 Å². The molecule has 128 valence electrons. The molecule has 3 nitrogen and oxygen atoms in total. The van der Waals surface area contributed by atoms with E-state index in [2.05, 4.69) is 37.3 Å². The first kappa shape index (κ1) is 15.9. The van der Waals surface area contributed by atoms with Crippen molar-refractivity contribution in [2.45, 2.75) is 44.9 Å². The maximum absolute atomic E-state index is 12.6. The number of carbonyl (C=O) groups is 1. The van der Waals surface area contributed by atoms with E-state index in [1.54, 1.807) is 0 Å². The van der Waals surface area contributed by atoms with Crippen LogP contribution in [0, 0.1) is 6.92 Å². The molecule has 3 heteroatoms. The second-order valence-electron chi connectivity index (χ2n) is 7.01. The van der Waals surface area contributed by atoms with Crippen molar-refractivity contribution < 1.29 is 9.53 Å². The number of amides is 1. The van der Waals surface area contributed by atoms with Crippen molar-refractivity contribution in [2.75, 3.05) is 0 Å². The number of hydrogen-bond donors (Lipinski definition) is 0. The highest BCUT2D eigenvalue weighted by Gasteiger charge is 2.40. The molecule has 2 bridgehead atoms. The minimum absolute atomic E-state index is 0.165. The van der Waals surface area contributed by atoms with E-state index in [0.717, 1.165) is 24.8 Å². The molecule has 25 heavy (non-hydrogen) atoms. The molecule has 0 aromatic heterocycles. The van der Waals surface area contributed by atoms with Crippen LogP contribution in [0.4, 0.5) is 4.79 Å². The first-order valence-corrected chi connectivity index (χ1v) is 8.97. The summed E-state index contributed by atoms with van der Waals surface area (Å²) in [5.41, 5.74) is 4.93. The summed E-state index contributed by atoms with van der Waals surface area (Å²) in [5.74, 6) is 0. The van der Waals surface area contributed by atoms with E-state index in [9.17, 15) is 4.79 Å². The van der Waals surface area contributed by atoms with Crippen LogP contribution in [-0.2, 0) is 11.3 Å². The Kier molecular flexibility index (Phi) is 4.31. The zero-order chi connectivity index (χ0) is 17.2. The van der Waals surface area contributed by atoms with Gasteiger partial charge in [0.15, 0.2) is 0 Å². The Bertz CT molecular complexity index is 779. The summed E-state index contributed by atoms with van der Waals surface area (Å²) in [5, 5.41) is 0. The predicted molar refractivity (Wildman–Crippen MR) is 99.0 cm³/mol. The van der Waals surface area contributed by atoms with E-state index in [4.69, 9.17) is 4.74 Å². The monoisotopic (exact) mass is 333 g/mol. The smallest absolute Gasteiger partial charge is 0.410 e. The summed E-state index contributed by atoms with van der Waals surface area (Å²) < 4.78 is 5.56. The van der Waals surface area contributed by atoms with E-state index >= 15 is 0 Å². The van der Waals surface area contributed by atoms with Crippen LogP contribution < -0.4 is 0 Å². The molecule has 2 aromatic carbocycles. The Labute approximate surface area is 148 Å². The minimum Gasteiger partial charge on any atom is -0.445 e. The highest BCUT2D eigenvalue weighted by molar-refractivity contribution is 5.75. The fourth-order valence-corrected chi connectivity index (χ4v) is 3.89. The number of nitrogens with zero attached hydrogens (tertiary/aromatic N) is 1. The molecule has 1 saturated heterocycles. The van der Waals surface area contributed by atoms with Crippen molar-refractivity contribution in [3.05, 3.63) is 77.4 Å². The Balaban J connectivity index is 1.46. The molecule has 1 amide bonds. The lowest BCUT2D eigenvalue weighted by Gasteiger charge is -2.33. The number of carbonyl (C=O) groups excluding carboxylic acids is 1. The number of benzene rings is 2. The minimum atomic E-state index is -0.185. The van der Waals surface area contributed by atoms with Gasteiger partial charge in [-0.1, -0.05) is 66.2 Å². The van der Waals surface area contributed by atoms with Crippen LogP contribution in [0.1, 0.15) is 36.0 Å². The fraction of sp³-hybridized carbons (Fsp3) is 0.318. The predicted octanol–water partition coefficient (Wildman–Crippen LogP) is 4.95. The second-order valence-corrected chi connectivity index (χ2v) is 7.01. The van der Waals surface area contributed by atoms with Gasteiger partial charge in [-0.15, -0.1) is 0 Å². The lowest BCUT2D eigenvalue weighted by atomic mass is 9.94. The van der Waals surface area contributed by atoms with Crippen molar-refractivity contribution in [1.82, 2.24) is 4.90 Å². The van der Waals surface area contributed by atoms with Crippen LogP contribution in [0.2, 0.25) is 0 Å². The molecule has 4 rings (SSSR count). The van der Waals surface area contributed by atoms with Crippen molar-refractivity contribution in [2.24, 2.45) is 0 Å². The average Bonchev–Trinajstić information content (AvgIpc) is 2.91. The Morgan fingerprint density at radius 2 is 1.84 bits per heavy atom. The van der Waals surface area contributed by atoms with Gasteiger partial charge < -0.3 is 4.74 Å².